The topological polar surface area (TPSA) is 89.9 Å². The van der Waals surface area contributed by atoms with E-state index in [1.165, 1.54) is 12.1 Å². The zero-order chi connectivity index (χ0) is 21.4. The second kappa shape index (κ2) is 7.92. The van der Waals surface area contributed by atoms with Crippen LogP contribution in [0.4, 0.5) is 4.39 Å². The zero-order valence-electron chi connectivity index (χ0n) is 16.2. The lowest BCUT2D eigenvalue weighted by molar-refractivity contribution is 0.0786. The molecule has 0 spiro atoms. The highest BCUT2D eigenvalue weighted by Crippen LogP contribution is 2.27. The van der Waals surface area contributed by atoms with Crippen molar-refractivity contribution in [3.8, 4) is 23.0 Å². The van der Waals surface area contributed by atoms with Gasteiger partial charge in [0.25, 0.3) is 11.8 Å². The number of amides is 1. The highest BCUT2D eigenvalue weighted by molar-refractivity contribution is 6.33. The Kier molecular flexibility index (Phi) is 4.95. The van der Waals surface area contributed by atoms with Gasteiger partial charge in [-0.2, -0.15) is 4.98 Å². The van der Waals surface area contributed by atoms with Crippen molar-refractivity contribution < 1.29 is 13.7 Å². The van der Waals surface area contributed by atoms with Crippen molar-refractivity contribution in [1.82, 2.24) is 30.0 Å². The second-order valence-electron chi connectivity index (χ2n) is 7.19. The average Bonchev–Trinajstić information content (AvgIpc) is 3.55. The molecule has 1 saturated heterocycles. The molecular formula is C21H16ClFN6O2. The molecule has 0 unspecified atom stereocenters. The molecule has 1 amide bonds. The number of halogens is 2. The maximum atomic E-state index is 13.5. The largest absolute Gasteiger partial charge is 0.336 e. The number of nitrogens with zero attached hydrogens (tertiary/aromatic N) is 6. The maximum absolute atomic E-state index is 13.5. The molecule has 0 saturated carbocycles. The molecule has 0 aliphatic carbocycles. The molecule has 0 radical (unpaired) electrons. The summed E-state index contributed by atoms with van der Waals surface area (Å²) in [6.07, 6.45) is 2.40. The third-order valence-corrected chi connectivity index (χ3v) is 5.50. The fraction of sp³-hybridized carbons (Fsp3) is 0.190. The first-order valence-corrected chi connectivity index (χ1v) is 10.0. The van der Waals surface area contributed by atoms with E-state index < -0.39 is 5.82 Å². The van der Waals surface area contributed by atoms with Gasteiger partial charge in [0.1, 0.15) is 5.82 Å². The molecule has 4 aromatic rings. The quantitative estimate of drug-likeness (QED) is 0.480. The minimum absolute atomic E-state index is 0.0750. The predicted molar refractivity (Wildman–Crippen MR) is 110 cm³/mol. The SMILES string of the molecule is O=C(c1cc(F)ccc1Cl)N1CC[C@H](n2cc(-c3nc(-c4ccccc4)no3)nn2)C1. The van der Waals surface area contributed by atoms with Gasteiger partial charge in [0.15, 0.2) is 5.69 Å². The summed E-state index contributed by atoms with van der Waals surface area (Å²) >= 11 is 6.08. The van der Waals surface area contributed by atoms with Crippen LogP contribution in [0.5, 0.6) is 0 Å². The number of aromatic nitrogens is 5. The van der Waals surface area contributed by atoms with Crippen molar-refractivity contribution in [2.24, 2.45) is 0 Å². The fourth-order valence-electron chi connectivity index (χ4n) is 3.56. The van der Waals surface area contributed by atoms with Crippen LogP contribution in [0.3, 0.4) is 0 Å². The van der Waals surface area contributed by atoms with E-state index in [1.54, 1.807) is 15.8 Å². The van der Waals surface area contributed by atoms with Crippen LogP contribution in [-0.4, -0.2) is 49.0 Å². The van der Waals surface area contributed by atoms with Gasteiger partial charge in [-0.1, -0.05) is 52.3 Å². The molecule has 1 aliphatic rings. The molecule has 8 nitrogen and oxygen atoms in total. The molecule has 156 valence electrons. The van der Waals surface area contributed by atoms with Gasteiger partial charge < -0.3 is 9.42 Å². The van der Waals surface area contributed by atoms with Crippen molar-refractivity contribution in [3.05, 3.63) is 71.1 Å². The number of rotatable bonds is 4. The van der Waals surface area contributed by atoms with E-state index >= 15 is 0 Å². The highest BCUT2D eigenvalue weighted by Gasteiger charge is 2.30. The van der Waals surface area contributed by atoms with Gasteiger partial charge in [-0.05, 0) is 24.6 Å². The van der Waals surface area contributed by atoms with Gasteiger partial charge in [-0.15, -0.1) is 5.10 Å². The summed E-state index contributed by atoms with van der Waals surface area (Å²) in [5.74, 6) is -0.0760. The molecule has 0 bridgehead atoms. The van der Waals surface area contributed by atoms with Crippen LogP contribution in [0, 0.1) is 5.82 Å². The summed E-state index contributed by atoms with van der Waals surface area (Å²) in [6, 6.07) is 13.2. The van der Waals surface area contributed by atoms with E-state index in [1.807, 2.05) is 30.3 Å². The first-order chi connectivity index (χ1) is 15.1. The Morgan fingerprint density at radius 3 is 2.87 bits per heavy atom. The van der Waals surface area contributed by atoms with Gasteiger partial charge in [0.2, 0.25) is 5.82 Å². The second-order valence-corrected chi connectivity index (χ2v) is 7.60. The van der Waals surface area contributed by atoms with Gasteiger partial charge in [-0.25, -0.2) is 9.07 Å². The lowest BCUT2D eigenvalue weighted by Gasteiger charge is -2.17. The smallest absolute Gasteiger partial charge is 0.280 e. The monoisotopic (exact) mass is 438 g/mol. The Balaban J connectivity index is 1.30. The highest BCUT2D eigenvalue weighted by atomic mass is 35.5. The Labute approximate surface area is 181 Å². The summed E-state index contributed by atoms with van der Waals surface area (Å²) in [5.41, 5.74) is 1.44. The summed E-state index contributed by atoms with van der Waals surface area (Å²) in [7, 11) is 0. The number of hydrogen-bond donors (Lipinski definition) is 0. The minimum Gasteiger partial charge on any atom is -0.336 e. The summed E-state index contributed by atoms with van der Waals surface area (Å²) in [6.45, 7) is 0.915. The fourth-order valence-corrected chi connectivity index (χ4v) is 3.76. The standard InChI is InChI=1S/C21H16ClFN6O2/c22-17-7-6-14(23)10-16(17)21(30)28-9-8-15(11-28)29-12-18(25-27-29)20-24-19(26-31-20)13-4-2-1-3-5-13/h1-7,10,12,15H,8-9,11H2/t15-/m0/s1. The third kappa shape index (κ3) is 3.79. The molecule has 3 heterocycles. The Bertz CT molecular complexity index is 1240. The molecule has 1 aliphatic heterocycles. The van der Waals surface area contributed by atoms with E-state index in [4.69, 9.17) is 16.1 Å². The van der Waals surface area contributed by atoms with E-state index in [-0.39, 0.29) is 28.4 Å². The molecule has 5 rings (SSSR count). The molecule has 10 heteroatoms. The van der Waals surface area contributed by atoms with E-state index in [9.17, 15) is 9.18 Å². The van der Waals surface area contributed by atoms with Crippen molar-refractivity contribution in [3.63, 3.8) is 0 Å². The van der Waals surface area contributed by atoms with Crippen molar-refractivity contribution in [1.29, 1.82) is 0 Å². The van der Waals surface area contributed by atoms with Gasteiger partial charge in [0, 0.05) is 18.7 Å². The number of likely N-dealkylation sites (tertiary alicyclic amines) is 1. The first-order valence-electron chi connectivity index (χ1n) is 9.64. The number of hydrogen-bond acceptors (Lipinski definition) is 6. The summed E-state index contributed by atoms with van der Waals surface area (Å²) in [4.78, 5) is 18.8. The van der Waals surface area contributed by atoms with Crippen LogP contribution in [0.1, 0.15) is 22.8 Å². The summed E-state index contributed by atoms with van der Waals surface area (Å²) in [5, 5.41) is 12.5. The molecular weight excluding hydrogens is 423 g/mol. The maximum Gasteiger partial charge on any atom is 0.280 e. The van der Waals surface area contributed by atoms with E-state index in [0.717, 1.165) is 11.6 Å². The van der Waals surface area contributed by atoms with Gasteiger partial charge in [-0.3, -0.25) is 4.79 Å². The summed E-state index contributed by atoms with van der Waals surface area (Å²) < 4.78 is 20.6. The van der Waals surface area contributed by atoms with Crippen LogP contribution in [0.25, 0.3) is 23.0 Å². The van der Waals surface area contributed by atoms with Crippen molar-refractivity contribution in [2.75, 3.05) is 13.1 Å². The molecule has 2 aromatic heterocycles. The Morgan fingerprint density at radius 1 is 1.19 bits per heavy atom. The van der Waals surface area contributed by atoms with Crippen LogP contribution in [0.15, 0.2) is 59.3 Å². The third-order valence-electron chi connectivity index (χ3n) is 5.17. The average molecular weight is 439 g/mol. The number of benzene rings is 2. The molecule has 0 N–H and O–H groups in total. The Morgan fingerprint density at radius 2 is 2.03 bits per heavy atom. The van der Waals surface area contributed by atoms with Crippen molar-refractivity contribution in [2.45, 2.75) is 12.5 Å². The molecule has 2 aromatic carbocycles. The molecule has 31 heavy (non-hydrogen) atoms. The van der Waals surface area contributed by atoms with Gasteiger partial charge >= 0.3 is 0 Å². The molecule has 1 atom stereocenters. The lowest BCUT2D eigenvalue weighted by atomic mass is 10.2. The minimum atomic E-state index is -0.501. The van der Waals surface area contributed by atoms with Gasteiger partial charge in [0.05, 0.1) is 22.8 Å². The predicted octanol–water partition coefficient (Wildman–Crippen LogP) is 3.87. The van der Waals surface area contributed by atoms with Crippen LogP contribution in [-0.2, 0) is 0 Å². The van der Waals surface area contributed by atoms with Crippen molar-refractivity contribution >= 4 is 17.5 Å². The van der Waals surface area contributed by atoms with E-state index in [2.05, 4.69) is 20.5 Å². The van der Waals surface area contributed by atoms with Crippen LogP contribution in [0.2, 0.25) is 5.02 Å². The zero-order valence-corrected chi connectivity index (χ0v) is 16.9. The molecule has 1 fully saturated rings. The first kappa shape index (κ1) is 19.4. The normalized spacial score (nSPS) is 16.1. The lowest BCUT2D eigenvalue weighted by Crippen LogP contribution is -2.29. The Hall–Kier alpha value is -3.59. The number of carbonyl (C=O) groups excluding carboxylic acids is 1. The van der Waals surface area contributed by atoms with E-state index in [0.29, 0.717) is 31.0 Å². The van der Waals surface area contributed by atoms with Crippen LogP contribution >= 0.6 is 11.6 Å². The number of carbonyl (C=O) groups is 1. The van der Waals surface area contributed by atoms with Crippen LogP contribution < -0.4 is 0 Å².